The predicted octanol–water partition coefficient (Wildman–Crippen LogP) is 3.67. The summed E-state index contributed by atoms with van der Waals surface area (Å²) in [7, 11) is 0. The van der Waals surface area contributed by atoms with Gasteiger partial charge in [0.05, 0.1) is 6.04 Å². The smallest absolute Gasteiger partial charge is 0.131 e. The molecular weight excluding hydrogens is 244 g/mol. The zero-order valence-electron chi connectivity index (χ0n) is 8.83. The Balaban J connectivity index is 2.43. The van der Waals surface area contributed by atoms with Gasteiger partial charge in [0.25, 0.3) is 0 Å². The second kappa shape index (κ2) is 4.82. The van der Waals surface area contributed by atoms with E-state index in [1.54, 1.807) is 24.3 Å². The molecule has 2 N–H and O–H groups in total. The molecule has 0 bridgehead atoms. The lowest BCUT2D eigenvalue weighted by Gasteiger charge is -2.14. The van der Waals surface area contributed by atoms with E-state index in [4.69, 9.17) is 17.3 Å². The second-order valence-corrected chi connectivity index (χ2v) is 4.10. The van der Waals surface area contributed by atoms with Crippen LogP contribution in [0.15, 0.2) is 42.5 Å². The summed E-state index contributed by atoms with van der Waals surface area (Å²) in [5, 5.41) is 0.551. The molecule has 0 aromatic heterocycles. The van der Waals surface area contributed by atoms with E-state index >= 15 is 0 Å². The monoisotopic (exact) mass is 253 g/mol. The first kappa shape index (κ1) is 12.0. The normalized spacial score (nSPS) is 12.5. The first-order valence-corrected chi connectivity index (χ1v) is 5.42. The van der Waals surface area contributed by atoms with E-state index in [2.05, 4.69) is 0 Å². The highest BCUT2D eigenvalue weighted by Gasteiger charge is 2.17. The Hall–Kier alpha value is -1.45. The molecule has 0 fully saturated rings. The van der Waals surface area contributed by atoms with Crippen LogP contribution in [0, 0.1) is 11.6 Å². The third-order valence-corrected chi connectivity index (χ3v) is 2.79. The average molecular weight is 254 g/mol. The van der Waals surface area contributed by atoms with Gasteiger partial charge in [0, 0.05) is 10.6 Å². The molecule has 1 unspecified atom stereocenters. The van der Waals surface area contributed by atoms with Crippen LogP contribution >= 0.6 is 11.6 Å². The molecule has 4 heteroatoms. The summed E-state index contributed by atoms with van der Waals surface area (Å²) >= 11 is 5.74. The van der Waals surface area contributed by atoms with E-state index in [0.29, 0.717) is 10.6 Å². The minimum atomic E-state index is -0.839. The SMILES string of the molecule is NC(c1ccc(Cl)cc1)c1c(F)cccc1F. The minimum absolute atomic E-state index is 0.130. The van der Waals surface area contributed by atoms with Crippen molar-refractivity contribution in [2.75, 3.05) is 0 Å². The van der Waals surface area contributed by atoms with Gasteiger partial charge in [-0.2, -0.15) is 0 Å². The average Bonchev–Trinajstić information content (AvgIpc) is 2.29. The number of halogens is 3. The summed E-state index contributed by atoms with van der Waals surface area (Å²) in [5.41, 5.74) is 6.32. The third kappa shape index (κ3) is 2.46. The van der Waals surface area contributed by atoms with Crippen LogP contribution in [-0.4, -0.2) is 0 Å². The Morgan fingerprint density at radius 1 is 0.941 bits per heavy atom. The van der Waals surface area contributed by atoms with Gasteiger partial charge in [-0.3, -0.25) is 0 Å². The maximum atomic E-state index is 13.5. The fraction of sp³-hybridized carbons (Fsp3) is 0.0769. The van der Waals surface area contributed by atoms with E-state index in [0.717, 1.165) is 0 Å². The van der Waals surface area contributed by atoms with Crippen molar-refractivity contribution in [2.45, 2.75) is 6.04 Å². The lowest BCUT2D eigenvalue weighted by molar-refractivity contribution is 0.543. The van der Waals surface area contributed by atoms with Crippen LogP contribution in [0.2, 0.25) is 5.02 Å². The number of hydrogen-bond donors (Lipinski definition) is 1. The van der Waals surface area contributed by atoms with Gasteiger partial charge in [0.2, 0.25) is 0 Å². The van der Waals surface area contributed by atoms with E-state index in [-0.39, 0.29) is 5.56 Å². The molecule has 0 saturated carbocycles. The van der Waals surface area contributed by atoms with Crippen molar-refractivity contribution in [1.82, 2.24) is 0 Å². The van der Waals surface area contributed by atoms with Crippen LogP contribution in [-0.2, 0) is 0 Å². The quantitative estimate of drug-likeness (QED) is 0.868. The molecule has 2 aromatic carbocycles. The molecule has 0 heterocycles. The Morgan fingerprint density at radius 2 is 1.47 bits per heavy atom. The van der Waals surface area contributed by atoms with Crippen molar-refractivity contribution in [3.05, 3.63) is 70.2 Å². The van der Waals surface area contributed by atoms with Crippen LogP contribution in [0.25, 0.3) is 0 Å². The molecule has 0 amide bonds. The van der Waals surface area contributed by atoms with Gasteiger partial charge in [0.1, 0.15) is 11.6 Å². The molecule has 1 nitrogen and oxygen atoms in total. The minimum Gasteiger partial charge on any atom is -0.320 e. The molecule has 0 spiro atoms. The van der Waals surface area contributed by atoms with E-state index in [9.17, 15) is 8.78 Å². The molecule has 1 atom stereocenters. The topological polar surface area (TPSA) is 26.0 Å². The Kier molecular flexibility index (Phi) is 3.41. The molecule has 0 aliphatic rings. The number of nitrogens with two attached hydrogens (primary N) is 1. The van der Waals surface area contributed by atoms with Crippen molar-refractivity contribution in [3.8, 4) is 0 Å². The van der Waals surface area contributed by atoms with Gasteiger partial charge < -0.3 is 5.73 Å². The summed E-state index contributed by atoms with van der Waals surface area (Å²) in [4.78, 5) is 0. The van der Waals surface area contributed by atoms with Crippen molar-refractivity contribution < 1.29 is 8.78 Å². The Bertz CT molecular complexity index is 505. The van der Waals surface area contributed by atoms with Gasteiger partial charge in [0.15, 0.2) is 0 Å². The van der Waals surface area contributed by atoms with Crippen molar-refractivity contribution in [1.29, 1.82) is 0 Å². The zero-order chi connectivity index (χ0) is 12.4. The first-order chi connectivity index (χ1) is 8.09. The summed E-state index contributed by atoms with van der Waals surface area (Å²) in [6.07, 6.45) is 0. The van der Waals surface area contributed by atoms with Gasteiger partial charge in [-0.25, -0.2) is 8.78 Å². The Labute approximate surface area is 103 Å². The third-order valence-electron chi connectivity index (χ3n) is 2.54. The van der Waals surface area contributed by atoms with Crippen LogP contribution in [0.3, 0.4) is 0 Å². The van der Waals surface area contributed by atoms with E-state index in [1.807, 2.05) is 0 Å². The summed E-state index contributed by atoms with van der Waals surface area (Å²) in [6, 6.07) is 9.42. The molecule has 0 aliphatic heterocycles. The zero-order valence-corrected chi connectivity index (χ0v) is 9.59. The molecule has 2 aromatic rings. The number of benzene rings is 2. The van der Waals surface area contributed by atoms with Crippen LogP contribution < -0.4 is 5.73 Å². The van der Waals surface area contributed by atoms with Gasteiger partial charge in [-0.05, 0) is 29.8 Å². The molecular formula is C13H10ClF2N. The molecule has 17 heavy (non-hydrogen) atoms. The molecule has 0 aliphatic carbocycles. The first-order valence-electron chi connectivity index (χ1n) is 5.04. The molecule has 2 rings (SSSR count). The van der Waals surface area contributed by atoms with E-state index < -0.39 is 17.7 Å². The van der Waals surface area contributed by atoms with Crippen molar-refractivity contribution >= 4 is 11.6 Å². The van der Waals surface area contributed by atoms with Crippen molar-refractivity contribution in [3.63, 3.8) is 0 Å². The summed E-state index contributed by atoms with van der Waals surface area (Å²) in [5.74, 6) is -1.29. The molecule has 0 radical (unpaired) electrons. The van der Waals surface area contributed by atoms with Crippen LogP contribution in [0.4, 0.5) is 8.78 Å². The second-order valence-electron chi connectivity index (χ2n) is 3.66. The molecule has 88 valence electrons. The standard InChI is InChI=1S/C13H10ClF2N/c14-9-6-4-8(5-7-9)13(17)12-10(15)2-1-3-11(12)16/h1-7,13H,17H2. The van der Waals surface area contributed by atoms with Crippen LogP contribution in [0.1, 0.15) is 17.2 Å². The highest BCUT2D eigenvalue weighted by molar-refractivity contribution is 6.30. The largest absolute Gasteiger partial charge is 0.320 e. The van der Waals surface area contributed by atoms with E-state index in [1.165, 1.54) is 18.2 Å². The predicted molar refractivity (Wildman–Crippen MR) is 63.8 cm³/mol. The maximum absolute atomic E-state index is 13.5. The highest BCUT2D eigenvalue weighted by Crippen LogP contribution is 2.25. The van der Waals surface area contributed by atoms with Crippen LogP contribution in [0.5, 0.6) is 0 Å². The maximum Gasteiger partial charge on any atom is 0.131 e. The lowest BCUT2D eigenvalue weighted by Crippen LogP contribution is -2.15. The number of rotatable bonds is 2. The fourth-order valence-electron chi connectivity index (χ4n) is 1.64. The lowest BCUT2D eigenvalue weighted by atomic mass is 9.99. The number of hydrogen-bond acceptors (Lipinski definition) is 1. The highest BCUT2D eigenvalue weighted by atomic mass is 35.5. The summed E-state index contributed by atoms with van der Waals surface area (Å²) in [6.45, 7) is 0. The molecule has 0 saturated heterocycles. The summed E-state index contributed by atoms with van der Waals surface area (Å²) < 4.78 is 27.0. The van der Waals surface area contributed by atoms with Gasteiger partial charge in [-0.15, -0.1) is 0 Å². The fourth-order valence-corrected chi connectivity index (χ4v) is 1.77. The Morgan fingerprint density at radius 3 is 2.00 bits per heavy atom. The van der Waals surface area contributed by atoms with Gasteiger partial charge in [-0.1, -0.05) is 29.8 Å². The van der Waals surface area contributed by atoms with Gasteiger partial charge >= 0.3 is 0 Å². The van der Waals surface area contributed by atoms with Crippen molar-refractivity contribution in [2.24, 2.45) is 5.73 Å².